The molecule has 0 aromatic carbocycles. The summed E-state index contributed by atoms with van der Waals surface area (Å²) < 4.78 is 0. The Morgan fingerprint density at radius 2 is 2.25 bits per heavy atom. The van der Waals surface area contributed by atoms with Gasteiger partial charge < -0.3 is 15.3 Å². The number of nitrogens with one attached hydrogen (secondary N) is 1. The first-order chi connectivity index (χ1) is 5.57. The lowest BCUT2D eigenvalue weighted by Gasteiger charge is -2.14. The molecule has 0 aliphatic carbocycles. The van der Waals surface area contributed by atoms with Gasteiger partial charge in [0.2, 0.25) is 0 Å². The van der Waals surface area contributed by atoms with Crippen LogP contribution in [0.3, 0.4) is 0 Å². The molecule has 68 valence electrons. The molecular formula is C7H12N2O3. The Labute approximate surface area is 70.7 Å². The van der Waals surface area contributed by atoms with Gasteiger partial charge in [0.25, 0.3) is 0 Å². The molecule has 0 heterocycles. The van der Waals surface area contributed by atoms with Gasteiger partial charge in [-0.2, -0.15) is 0 Å². The van der Waals surface area contributed by atoms with Crippen LogP contribution in [0.5, 0.6) is 0 Å². The quantitative estimate of drug-likeness (QED) is 0.582. The number of amides is 2. The normalized spacial score (nSPS) is 8.75. The van der Waals surface area contributed by atoms with Gasteiger partial charge in [0.15, 0.2) is 0 Å². The first-order valence-corrected chi connectivity index (χ1v) is 3.39. The van der Waals surface area contributed by atoms with Crippen molar-refractivity contribution in [1.82, 2.24) is 10.2 Å². The van der Waals surface area contributed by atoms with Crippen LogP contribution >= 0.6 is 0 Å². The third-order valence-corrected chi connectivity index (χ3v) is 1.12. The SMILES string of the molecule is C=CCNC(=O)N(C)CC(=O)O. The van der Waals surface area contributed by atoms with Crippen LogP contribution in [0.1, 0.15) is 0 Å². The Bertz CT molecular complexity index is 191. The van der Waals surface area contributed by atoms with E-state index in [0.29, 0.717) is 6.54 Å². The summed E-state index contributed by atoms with van der Waals surface area (Å²) in [5.74, 6) is -1.04. The first kappa shape index (κ1) is 10.5. The van der Waals surface area contributed by atoms with Crippen molar-refractivity contribution in [2.24, 2.45) is 0 Å². The van der Waals surface area contributed by atoms with Gasteiger partial charge in [0.1, 0.15) is 6.54 Å². The second-order valence-corrected chi connectivity index (χ2v) is 2.22. The fraction of sp³-hybridized carbons (Fsp3) is 0.429. The first-order valence-electron chi connectivity index (χ1n) is 3.39. The second kappa shape index (κ2) is 5.17. The van der Waals surface area contributed by atoms with Gasteiger partial charge in [-0.1, -0.05) is 6.08 Å². The minimum absolute atomic E-state index is 0.303. The maximum Gasteiger partial charge on any atom is 0.323 e. The topological polar surface area (TPSA) is 69.6 Å². The van der Waals surface area contributed by atoms with Crippen molar-refractivity contribution < 1.29 is 14.7 Å². The standard InChI is InChI=1S/C7H12N2O3/c1-3-4-8-7(12)9(2)5-6(10)11/h3H,1,4-5H2,2H3,(H,8,12)(H,10,11). The summed E-state index contributed by atoms with van der Waals surface area (Å²) in [6.45, 7) is 3.44. The number of carboxylic acid groups (broad SMARTS) is 1. The lowest BCUT2D eigenvalue weighted by atomic mass is 10.5. The number of hydrogen-bond donors (Lipinski definition) is 2. The van der Waals surface area contributed by atoms with Crippen molar-refractivity contribution in [3.05, 3.63) is 12.7 Å². The molecule has 2 amide bonds. The molecule has 0 spiro atoms. The predicted octanol–water partition coefficient (Wildman–Crippen LogP) is -0.102. The molecule has 0 aromatic heterocycles. The molecule has 0 unspecified atom stereocenters. The summed E-state index contributed by atoms with van der Waals surface area (Å²) in [5.41, 5.74) is 0. The number of rotatable bonds is 4. The van der Waals surface area contributed by atoms with Crippen molar-refractivity contribution in [3.8, 4) is 0 Å². The van der Waals surface area contributed by atoms with E-state index in [9.17, 15) is 9.59 Å². The summed E-state index contributed by atoms with van der Waals surface area (Å²) in [6, 6.07) is -0.419. The number of carboxylic acids is 1. The van der Waals surface area contributed by atoms with E-state index in [-0.39, 0.29) is 6.54 Å². The highest BCUT2D eigenvalue weighted by Gasteiger charge is 2.09. The Balaban J connectivity index is 3.76. The predicted molar refractivity (Wildman–Crippen MR) is 43.9 cm³/mol. The molecule has 0 fully saturated rings. The van der Waals surface area contributed by atoms with Crippen molar-refractivity contribution in [2.45, 2.75) is 0 Å². The van der Waals surface area contributed by atoms with Crippen LogP contribution < -0.4 is 5.32 Å². The maximum atomic E-state index is 10.9. The number of hydrogen-bond acceptors (Lipinski definition) is 2. The van der Waals surface area contributed by atoms with Crippen LogP contribution in [-0.4, -0.2) is 42.1 Å². The molecule has 0 atom stereocenters. The number of carbonyl (C=O) groups excluding carboxylic acids is 1. The fourth-order valence-corrected chi connectivity index (χ4v) is 0.569. The zero-order valence-corrected chi connectivity index (χ0v) is 6.91. The number of likely N-dealkylation sites (N-methyl/N-ethyl adjacent to an activating group) is 1. The van der Waals surface area contributed by atoms with Crippen LogP contribution in [0.25, 0.3) is 0 Å². The molecule has 0 radical (unpaired) electrons. The van der Waals surface area contributed by atoms with Crippen LogP contribution in [0.2, 0.25) is 0 Å². The van der Waals surface area contributed by atoms with Gasteiger partial charge >= 0.3 is 12.0 Å². The van der Waals surface area contributed by atoms with Gasteiger partial charge in [0.05, 0.1) is 0 Å². The highest BCUT2D eigenvalue weighted by molar-refractivity contribution is 5.79. The molecule has 0 saturated carbocycles. The zero-order valence-electron chi connectivity index (χ0n) is 6.91. The van der Waals surface area contributed by atoms with Crippen molar-refractivity contribution in [2.75, 3.05) is 20.1 Å². The van der Waals surface area contributed by atoms with E-state index >= 15 is 0 Å². The number of carbonyl (C=O) groups is 2. The third kappa shape index (κ3) is 4.32. The van der Waals surface area contributed by atoms with Crippen molar-refractivity contribution >= 4 is 12.0 Å². The number of urea groups is 1. The zero-order chi connectivity index (χ0) is 9.56. The molecule has 0 rings (SSSR count). The van der Waals surface area contributed by atoms with Crippen molar-refractivity contribution in [1.29, 1.82) is 0 Å². The summed E-state index contributed by atoms with van der Waals surface area (Å²) >= 11 is 0. The number of nitrogens with zero attached hydrogens (tertiary/aromatic N) is 1. The summed E-state index contributed by atoms with van der Waals surface area (Å²) in [6.07, 6.45) is 1.52. The van der Waals surface area contributed by atoms with E-state index in [4.69, 9.17) is 5.11 Å². The molecule has 0 aliphatic rings. The minimum atomic E-state index is -1.04. The third-order valence-electron chi connectivity index (χ3n) is 1.12. The van der Waals surface area contributed by atoms with Gasteiger partial charge in [-0.3, -0.25) is 4.79 Å². The van der Waals surface area contributed by atoms with Gasteiger partial charge in [-0.15, -0.1) is 6.58 Å². The fourth-order valence-electron chi connectivity index (χ4n) is 0.569. The molecule has 0 aliphatic heterocycles. The van der Waals surface area contributed by atoms with Gasteiger partial charge in [-0.25, -0.2) is 4.79 Å². The Hall–Kier alpha value is -1.52. The maximum absolute atomic E-state index is 10.9. The smallest absolute Gasteiger partial charge is 0.323 e. The highest BCUT2D eigenvalue weighted by Crippen LogP contribution is 1.82. The summed E-state index contributed by atoms with van der Waals surface area (Å²) in [7, 11) is 1.41. The van der Waals surface area contributed by atoms with E-state index in [2.05, 4.69) is 11.9 Å². The summed E-state index contributed by atoms with van der Waals surface area (Å²) in [4.78, 5) is 22.2. The monoisotopic (exact) mass is 172 g/mol. The minimum Gasteiger partial charge on any atom is -0.480 e. The van der Waals surface area contributed by atoms with Crippen LogP contribution in [0, 0.1) is 0 Å². The van der Waals surface area contributed by atoms with E-state index in [1.807, 2.05) is 0 Å². The second-order valence-electron chi connectivity index (χ2n) is 2.22. The van der Waals surface area contributed by atoms with Crippen molar-refractivity contribution in [3.63, 3.8) is 0 Å². The highest BCUT2D eigenvalue weighted by atomic mass is 16.4. The van der Waals surface area contributed by atoms with E-state index < -0.39 is 12.0 Å². The van der Waals surface area contributed by atoms with Gasteiger partial charge in [-0.05, 0) is 0 Å². The molecule has 2 N–H and O–H groups in total. The van der Waals surface area contributed by atoms with Gasteiger partial charge in [0, 0.05) is 13.6 Å². The van der Waals surface area contributed by atoms with E-state index in [1.165, 1.54) is 13.1 Å². The largest absolute Gasteiger partial charge is 0.480 e. The van der Waals surface area contributed by atoms with Crippen LogP contribution in [-0.2, 0) is 4.79 Å². The Morgan fingerprint density at radius 3 is 2.67 bits per heavy atom. The number of aliphatic carboxylic acids is 1. The van der Waals surface area contributed by atoms with Crippen LogP contribution in [0.4, 0.5) is 4.79 Å². The Kier molecular flexibility index (Phi) is 4.52. The van der Waals surface area contributed by atoms with E-state index in [0.717, 1.165) is 4.90 Å². The summed E-state index contributed by atoms with van der Waals surface area (Å²) in [5, 5.41) is 10.8. The molecular weight excluding hydrogens is 160 g/mol. The average Bonchev–Trinajstić information content (AvgIpc) is 1.98. The lowest BCUT2D eigenvalue weighted by molar-refractivity contribution is -0.137. The molecule has 0 bridgehead atoms. The molecule has 0 aromatic rings. The average molecular weight is 172 g/mol. The molecule has 12 heavy (non-hydrogen) atoms. The Morgan fingerprint density at radius 1 is 1.67 bits per heavy atom. The van der Waals surface area contributed by atoms with E-state index in [1.54, 1.807) is 0 Å². The lowest BCUT2D eigenvalue weighted by Crippen LogP contribution is -2.40. The molecule has 5 heteroatoms. The van der Waals surface area contributed by atoms with Crippen LogP contribution in [0.15, 0.2) is 12.7 Å². The molecule has 0 saturated heterocycles. The molecule has 5 nitrogen and oxygen atoms in total.